The minimum atomic E-state index is 0.289. The number of piperidine rings is 1. The van der Waals surface area contributed by atoms with E-state index < -0.39 is 0 Å². The van der Waals surface area contributed by atoms with Crippen molar-refractivity contribution in [2.75, 3.05) is 26.2 Å². The minimum absolute atomic E-state index is 0.289. The molecule has 0 saturated carbocycles. The van der Waals surface area contributed by atoms with Gasteiger partial charge in [0.05, 0.1) is 5.92 Å². The highest BCUT2D eigenvalue weighted by Crippen LogP contribution is 2.35. The van der Waals surface area contributed by atoms with Crippen LogP contribution in [0.5, 0.6) is 0 Å². The van der Waals surface area contributed by atoms with E-state index in [0.29, 0.717) is 18.0 Å². The molecule has 2 bridgehead atoms. The Morgan fingerprint density at radius 3 is 2.30 bits per heavy atom. The van der Waals surface area contributed by atoms with Gasteiger partial charge in [-0.1, -0.05) is 0 Å². The molecule has 0 aromatic carbocycles. The number of rotatable bonds is 2. The summed E-state index contributed by atoms with van der Waals surface area (Å²) in [6, 6.07) is 1.87. The summed E-state index contributed by atoms with van der Waals surface area (Å²) in [6.45, 7) is 4.56. The van der Waals surface area contributed by atoms with E-state index >= 15 is 0 Å². The van der Waals surface area contributed by atoms with E-state index in [1.165, 1.54) is 51.6 Å². The zero-order valence-electron chi connectivity index (χ0n) is 12.4. The number of amides is 1. The summed E-state index contributed by atoms with van der Waals surface area (Å²) in [6.07, 6.45) is 8.72. The molecule has 4 heterocycles. The first-order valence-corrected chi connectivity index (χ1v) is 8.60. The van der Waals surface area contributed by atoms with E-state index in [0.717, 1.165) is 25.6 Å². The molecule has 20 heavy (non-hydrogen) atoms. The fourth-order valence-corrected chi connectivity index (χ4v) is 4.89. The van der Waals surface area contributed by atoms with Crippen LogP contribution in [-0.4, -0.2) is 60.0 Å². The van der Waals surface area contributed by atoms with Crippen molar-refractivity contribution < 1.29 is 4.79 Å². The molecule has 4 aliphatic rings. The Kier molecular flexibility index (Phi) is 3.47. The van der Waals surface area contributed by atoms with E-state index in [4.69, 9.17) is 0 Å². The summed E-state index contributed by atoms with van der Waals surface area (Å²) in [5.74, 6) is 0.738. The Bertz CT molecular complexity index is 372. The Morgan fingerprint density at radius 1 is 0.950 bits per heavy atom. The zero-order valence-corrected chi connectivity index (χ0v) is 12.4. The summed E-state index contributed by atoms with van der Waals surface area (Å²) >= 11 is 0. The van der Waals surface area contributed by atoms with Gasteiger partial charge in [0.2, 0.25) is 5.91 Å². The summed E-state index contributed by atoms with van der Waals surface area (Å²) in [4.78, 5) is 17.5. The molecule has 3 atom stereocenters. The molecule has 1 N–H and O–H groups in total. The van der Waals surface area contributed by atoms with Crippen molar-refractivity contribution in [3.63, 3.8) is 0 Å². The van der Waals surface area contributed by atoms with Crippen molar-refractivity contribution >= 4 is 5.91 Å². The highest BCUT2D eigenvalue weighted by molar-refractivity contribution is 5.80. The highest BCUT2D eigenvalue weighted by atomic mass is 16.2. The molecule has 0 radical (unpaired) electrons. The normalized spacial score (nSPS) is 38.8. The van der Waals surface area contributed by atoms with Crippen LogP contribution >= 0.6 is 0 Å². The molecule has 0 aliphatic carbocycles. The Balaban J connectivity index is 1.31. The number of nitrogens with zero attached hydrogens (tertiary/aromatic N) is 2. The molecule has 1 amide bonds. The molecule has 4 nitrogen and oxygen atoms in total. The van der Waals surface area contributed by atoms with Crippen LogP contribution in [0, 0.1) is 5.92 Å². The molecule has 4 fully saturated rings. The third kappa shape index (κ3) is 2.27. The number of carbonyl (C=O) groups excluding carboxylic acids is 1. The second-order valence-corrected chi connectivity index (χ2v) is 7.19. The fraction of sp³-hybridized carbons (Fsp3) is 0.938. The SMILES string of the molecule is O=C(C1CC2CCC1N2)N1CCC(N2CCCC2)CC1. The van der Waals surface area contributed by atoms with Gasteiger partial charge in [0.1, 0.15) is 0 Å². The summed E-state index contributed by atoms with van der Waals surface area (Å²) in [5.41, 5.74) is 0. The van der Waals surface area contributed by atoms with E-state index in [1.54, 1.807) is 0 Å². The first-order chi connectivity index (χ1) is 9.81. The van der Waals surface area contributed by atoms with Gasteiger partial charge >= 0.3 is 0 Å². The molecule has 0 aromatic rings. The zero-order chi connectivity index (χ0) is 13.5. The second kappa shape index (κ2) is 5.30. The fourth-order valence-electron chi connectivity index (χ4n) is 4.89. The minimum Gasteiger partial charge on any atom is -0.342 e. The average Bonchev–Trinajstić information content (AvgIpc) is 3.23. The molecule has 4 saturated heterocycles. The van der Waals surface area contributed by atoms with Gasteiger partial charge in [0.25, 0.3) is 0 Å². The van der Waals surface area contributed by atoms with Gasteiger partial charge in [-0.25, -0.2) is 0 Å². The maximum absolute atomic E-state index is 12.7. The van der Waals surface area contributed by atoms with Crippen LogP contribution in [0.25, 0.3) is 0 Å². The lowest BCUT2D eigenvalue weighted by Crippen LogP contribution is -2.49. The van der Waals surface area contributed by atoms with Crippen molar-refractivity contribution in [2.24, 2.45) is 5.92 Å². The quantitative estimate of drug-likeness (QED) is 0.824. The number of carbonyl (C=O) groups is 1. The van der Waals surface area contributed by atoms with Gasteiger partial charge in [-0.3, -0.25) is 4.79 Å². The van der Waals surface area contributed by atoms with Crippen LogP contribution in [0.2, 0.25) is 0 Å². The maximum atomic E-state index is 12.7. The standard InChI is InChI=1S/C16H27N3O/c20-16(14-11-12-3-4-15(14)17-12)19-9-5-13(6-10-19)18-7-1-2-8-18/h12-15,17H,1-11H2. The molecule has 4 heteroatoms. The van der Waals surface area contributed by atoms with Gasteiger partial charge in [-0.05, 0) is 58.0 Å². The number of hydrogen-bond acceptors (Lipinski definition) is 3. The van der Waals surface area contributed by atoms with Crippen molar-refractivity contribution in [3.05, 3.63) is 0 Å². The third-order valence-electron chi connectivity index (χ3n) is 6.05. The van der Waals surface area contributed by atoms with Crippen molar-refractivity contribution in [1.29, 1.82) is 0 Å². The summed E-state index contributed by atoms with van der Waals surface area (Å²) < 4.78 is 0. The van der Waals surface area contributed by atoms with Crippen LogP contribution < -0.4 is 5.32 Å². The molecular formula is C16H27N3O. The Hall–Kier alpha value is -0.610. The second-order valence-electron chi connectivity index (χ2n) is 7.19. The van der Waals surface area contributed by atoms with E-state index in [1.807, 2.05) is 0 Å². The first-order valence-electron chi connectivity index (χ1n) is 8.60. The molecule has 4 aliphatic heterocycles. The van der Waals surface area contributed by atoms with Gasteiger partial charge in [-0.2, -0.15) is 0 Å². The van der Waals surface area contributed by atoms with E-state index in [2.05, 4.69) is 15.1 Å². The average molecular weight is 277 g/mol. The van der Waals surface area contributed by atoms with E-state index in [9.17, 15) is 4.79 Å². The lowest BCUT2D eigenvalue weighted by atomic mass is 9.87. The molecule has 0 aromatic heterocycles. The molecule has 3 unspecified atom stereocenters. The van der Waals surface area contributed by atoms with Crippen molar-refractivity contribution in [1.82, 2.24) is 15.1 Å². The van der Waals surface area contributed by atoms with Crippen LogP contribution in [0.4, 0.5) is 0 Å². The lowest BCUT2D eigenvalue weighted by molar-refractivity contribution is -0.137. The van der Waals surface area contributed by atoms with Crippen LogP contribution in [0.15, 0.2) is 0 Å². The van der Waals surface area contributed by atoms with Crippen LogP contribution in [-0.2, 0) is 4.79 Å². The Labute approximate surface area is 121 Å². The van der Waals surface area contributed by atoms with Gasteiger partial charge in [0.15, 0.2) is 0 Å². The summed E-state index contributed by atoms with van der Waals surface area (Å²) in [7, 11) is 0. The lowest BCUT2D eigenvalue weighted by Gasteiger charge is -2.38. The number of likely N-dealkylation sites (tertiary alicyclic amines) is 2. The topological polar surface area (TPSA) is 35.6 Å². The van der Waals surface area contributed by atoms with Crippen molar-refractivity contribution in [3.8, 4) is 0 Å². The van der Waals surface area contributed by atoms with E-state index in [-0.39, 0.29) is 5.92 Å². The molecular weight excluding hydrogens is 250 g/mol. The monoisotopic (exact) mass is 277 g/mol. The summed E-state index contributed by atoms with van der Waals surface area (Å²) in [5, 5.41) is 3.60. The molecule has 0 spiro atoms. The molecule has 4 rings (SSSR count). The maximum Gasteiger partial charge on any atom is 0.227 e. The van der Waals surface area contributed by atoms with Crippen molar-refractivity contribution in [2.45, 2.75) is 63.1 Å². The van der Waals surface area contributed by atoms with Gasteiger partial charge < -0.3 is 15.1 Å². The third-order valence-corrected chi connectivity index (χ3v) is 6.05. The first kappa shape index (κ1) is 13.1. The number of nitrogens with one attached hydrogen (secondary N) is 1. The Morgan fingerprint density at radius 2 is 1.70 bits per heavy atom. The largest absolute Gasteiger partial charge is 0.342 e. The van der Waals surface area contributed by atoms with Crippen LogP contribution in [0.3, 0.4) is 0 Å². The number of fused-ring (bicyclic) bond motifs is 2. The van der Waals surface area contributed by atoms with Gasteiger partial charge in [0, 0.05) is 31.2 Å². The van der Waals surface area contributed by atoms with Gasteiger partial charge in [-0.15, -0.1) is 0 Å². The highest BCUT2D eigenvalue weighted by Gasteiger charge is 2.44. The van der Waals surface area contributed by atoms with Crippen LogP contribution in [0.1, 0.15) is 44.9 Å². The predicted molar refractivity (Wildman–Crippen MR) is 78.5 cm³/mol. The predicted octanol–water partition coefficient (Wildman–Crippen LogP) is 1.21. The smallest absolute Gasteiger partial charge is 0.227 e. The number of hydrogen-bond donors (Lipinski definition) is 1. The molecule has 112 valence electrons.